The highest BCUT2D eigenvalue weighted by Crippen LogP contribution is 2.08. The Morgan fingerprint density at radius 3 is 3.07 bits per heavy atom. The first-order valence-corrected chi connectivity index (χ1v) is 6.98. The molecule has 0 aromatic carbocycles. The second kappa shape index (κ2) is 7.55. The quantitative estimate of drug-likeness (QED) is 0.682. The van der Waals surface area contributed by atoms with E-state index in [1.807, 2.05) is 11.8 Å². The van der Waals surface area contributed by atoms with E-state index < -0.39 is 0 Å². The van der Waals surface area contributed by atoms with Gasteiger partial charge in [0.25, 0.3) is 0 Å². The van der Waals surface area contributed by atoms with Gasteiger partial charge in [0.15, 0.2) is 0 Å². The van der Waals surface area contributed by atoms with Crippen LogP contribution in [0.25, 0.3) is 0 Å². The van der Waals surface area contributed by atoms with E-state index in [1.54, 1.807) is 0 Å². The van der Waals surface area contributed by atoms with Crippen molar-refractivity contribution < 1.29 is 0 Å². The molecule has 1 saturated heterocycles. The van der Waals surface area contributed by atoms with Crippen LogP contribution in [0.5, 0.6) is 0 Å². The lowest BCUT2D eigenvalue weighted by atomic mass is 10.1. The fourth-order valence-corrected chi connectivity index (χ4v) is 2.59. The largest absolute Gasteiger partial charge is 0.313 e. The van der Waals surface area contributed by atoms with Gasteiger partial charge >= 0.3 is 0 Å². The molecule has 1 N–H and O–H groups in total. The zero-order valence-electron chi connectivity index (χ0n) is 9.59. The van der Waals surface area contributed by atoms with Gasteiger partial charge in [-0.25, -0.2) is 0 Å². The summed E-state index contributed by atoms with van der Waals surface area (Å²) in [5, 5.41) is 3.66. The molecule has 3 heteroatoms. The van der Waals surface area contributed by atoms with Crippen molar-refractivity contribution in [2.75, 3.05) is 38.2 Å². The van der Waals surface area contributed by atoms with Crippen LogP contribution in [-0.4, -0.2) is 49.1 Å². The first-order valence-electron chi connectivity index (χ1n) is 5.82. The summed E-state index contributed by atoms with van der Waals surface area (Å²) >= 11 is 2.04. The van der Waals surface area contributed by atoms with Gasteiger partial charge in [-0.3, -0.25) is 0 Å². The van der Waals surface area contributed by atoms with Crippen LogP contribution in [0.1, 0.15) is 26.2 Å². The molecule has 0 amide bonds. The van der Waals surface area contributed by atoms with E-state index in [4.69, 9.17) is 0 Å². The second-order valence-electron chi connectivity index (χ2n) is 4.11. The molecule has 0 spiro atoms. The Morgan fingerprint density at radius 2 is 2.36 bits per heavy atom. The average molecular weight is 216 g/mol. The first-order chi connectivity index (χ1) is 6.83. The predicted molar refractivity (Wildman–Crippen MR) is 66.1 cm³/mol. The van der Waals surface area contributed by atoms with E-state index in [9.17, 15) is 0 Å². The molecule has 14 heavy (non-hydrogen) atoms. The number of likely N-dealkylation sites (N-methyl/N-ethyl adjacent to an activating group) is 1. The molecule has 0 saturated carbocycles. The second-order valence-corrected chi connectivity index (χ2v) is 5.50. The van der Waals surface area contributed by atoms with Crippen molar-refractivity contribution in [1.29, 1.82) is 0 Å². The maximum Gasteiger partial charge on any atom is 0.0195 e. The molecule has 0 aliphatic carbocycles. The van der Waals surface area contributed by atoms with Crippen molar-refractivity contribution in [3.8, 4) is 0 Å². The third kappa shape index (κ3) is 5.23. The molecule has 1 aliphatic heterocycles. The van der Waals surface area contributed by atoms with Crippen molar-refractivity contribution in [1.82, 2.24) is 10.2 Å². The standard InChI is InChI=1S/C11H24N2S/c1-3-14-9-5-7-12-11-6-4-8-13(2)10-11/h11-12H,3-10H2,1-2H3. The van der Waals surface area contributed by atoms with Crippen molar-refractivity contribution in [2.45, 2.75) is 32.2 Å². The van der Waals surface area contributed by atoms with E-state index in [0.717, 1.165) is 6.04 Å². The van der Waals surface area contributed by atoms with E-state index in [2.05, 4.69) is 24.2 Å². The Bertz CT molecular complexity index is 141. The lowest BCUT2D eigenvalue weighted by Gasteiger charge is -2.30. The van der Waals surface area contributed by atoms with Gasteiger partial charge in [0.1, 0.15) is 0 Å². The normalized spacial score (nSPS) is 24.0. The maximum absolute atomic E-state index is 3.66. The summed E-state index contributed by atoms with van der Waals surface area (Å²) in [7, 11) is 2.22. The minimum atomic E-state index is 0.750. The highest BCUT2D eigenvalue weighted by atomic mass is 32.2. The van der Waals surface area contributed by atoms with Gasteiger partial charge in [-0.1, -0.05) is 6.92 Å². The average Bonchev–Trinajstić information content (AvgIpc) is 2.18. The van der Waals surface area contributed by atoms with Crippen molar-refractivity contribution in [3.05, 3.63) is 0 Å². The fourth-order valence-electron chi connectivity index (χ4n) is 1.96. The minimum absolute atomic E-state index is 0.750. The van der Waals surface area contributed by atoms with Crippen LogP contribution in [0.4, 0.5) is 0 Å². The molecular formula is C11H24N2S. The third-order valence-electron chi connectivity index (χ3n) is 2.73. The molecule has 2 nitrogen and oxygen atoms in total. The van der Waals surface area contributed by atoms with Gasteiger partial charge in [-0.15, -0.1) is 0 Å². The molecule has 84 valence electrons. The molecule has 0 radical (unpaired) electrons. The van der Waals surface area contributed by atoms with Crippen LogP contribution >= 0.6 is 11.8 Å². The third-order valence-corrected chi connectivity index (χ3v) is 3.71. The molecular weight excluding hydrogens is 192 g/mol. The maximum atomic E-state index is 3.66. The Morgan fingerprint density at radius 1 is 1.50 bits per heavy atom. The summed E-state index contributed by atoms with van der Waals surface area (Å²) < 4.78 is 0. The van der Waals surface area contributed by atoms with Crippen molar-refractivity contribution in [3.63, 3.8) is 0 Å². The zero-order chi connectivity index (χ0) is 10.2. The highest BCUT2D eigenvalue weighted by molar-refractivity contribution is 7.99. The number of thioether (sulfide) groups is 1. The minimum Gasteiger partial charge on any atom is -0.313 e. The summed E-state index contributed by atoms with van der Waals surface area (Å²) in [4.78, 5) is 2.43. The lowest BCUT2D eigenvalue weighted by Crippen LogP contribution is -2.44. The molecule has 1 rings (SSSR count). The highest BCUT2D eigenvalue weighted by Gasteiger charge is 2.15. The number of nitrogens with one attached hydrogen (secondary N) is 1. The van der Waals surface area contributed by atoms with E-state index >= 15 is 0 Å². The van der Waals surface area contributed by atoms with Crippen LogP contribution in [0, 0.1) is 0 Å². The number of piperidine rings is 1. The summed E-state index contributed by atoms with van der Waals surface area (Å²) in [5.41, 5.74) is 0. The van der Waals surface area contributed by atoms with Crippen molar-refractivity contribution >= 4 is 11.8 Å². The van der Waals surface area contributed by atoms with Crippen molar-refractivity contribution in [2.24, 2.45) is 0 Å². The molecule has 1 atom stereocenters. The summed E-state index contributed by atoms with van der Waals surface area (Å²) in [6.07, 6.45) is 4.04. The van der Waals surface area contributed by atoms with Crippen LogP contribution < -0.4 is 5.32 Å². The molecule has 1 aliphatic rings. The topological polar surface area (TPSA) is 15.3 Å². The summed E-state index contributed by atoms with van der Waals surface area (Å²) in [6.45, 7) is 5.95. The number of likely N-dealkylation sites (tertiary alicyclic amines) is 1. The van der Waals surface area contributed by atoms with Crippen LogP contribution in [0.15, 0.2) is 0 Å². The fraction of sp³-hybridized carbons (Fsp3) is 1.00. The number of hydrogen-bond donors (Lipinski definition) is 1. The predicted octanol–water partition coefficient (Wildman–Crippen LogP) is 1.81. The molecule has 1 unspecified atom stereocenters. The Labute approximate surface area is 92.8 Å². The monoisotopic (exact) mass is 216 g/mol. The molecule has 0 aromatic rings. The van der Waals surface area contributed by atoms with Gasteiger partial charge in [0, 0.05) is 12.6 Å². The molecule has 0 aromatic heterocycles. The van der Waals surface area contributed by atoms with Gasteiger partial charge < -0.3 is 10.2 Å². The molecule has 1 fully saturated rings. The van der Waals surface area contributed by atoms with Gasteiger partial charge in [0.2, 0.25) is 0 Å². The van der Waals surface area contributed by atoms with Crippen LogP contribution in [0.2, 0.25) is 0 Å². The van der Waals surface area contributed by atoms with E-state index in [1.165, 1.54) is 50.4 Å². The van der Waals surface area contributed by atoms with Gasteiger partial charge in [-0.05, 0) is 50.9 Å². The lowest BCUT2D eigenvalue weighted by molar-refractivity contribution is 0.228. The van der Waals surface area contributed by atoms with Gasteiger partial charge in [0.05, 0.1) is 0 Å². The summed E-state index contributed by atoms with van der Waals surface area (Å²) in [6, 6.07) is 0.750. The smallest absolute Gasteiger partial charge is 0.0195 e. The van der Waals surface area contributed by atoms with Crippen LogP contribution in [-0.2, 0) is 0 Å². The molecule has 0 bridgehead atoms. The summed E-state index contributed by atoms with van der Waals surface area (Å²) in [5.74, 6) is 2.57. The molecule has 1 heterocycles. The Hall–Kier alpha value is 0.270. The number of rotatable bonds is 6. The first kappa shape index (κ1) is 12.3. The van der Waals surface area contributed by atoms with E-state index in [0.29, 0.717) is 0 Å². The Kier molecular flexibility index (Phi) is 6.65. The van der Waals surface area contributed by atoms with Crippen LogP contribution in [0.3, 0.4) is 0 Å². The Balaban J connectivity index is 1.95. The number of hydrogen-bond acceptors (Lipinski definition) is 3. The van der Waals surface area contributed by atoms with E-state index in [-0.39, 0.29) is 0 Å². The van der Waals surface area contributed by atoms with Gasteiger partial charge in [-0.2, -0.15) is 11.8 Å². The SMILES string of the molecule is CCSCCCNC1CCCN(C)C1. The number of nitrogens with zero attached hydrogens (tertiary/aromatic N) is 1. The zero-order valence-corrected chi connectivity index (χ0v) is 10.4.